The Hall–Kier alpha value is -1.55. The lowest BCUT2D eigenvalue weighted by molar-refractivity contribution is 0.0954. The fraction of sp³-hybridized carbons (Fsp3) is 0.300. The van der Waals surface area contributed by atoms with Crippen molar-refractivity contribution < 1.29 is 4.79 Å². The summed E-state index contributed by atoms with van der Waals surface area (Å²) in [5.74, 6) is 4.82. The van der Waals surface area contributed by atoms with Crippen LogP contribution in [0.4, 0.5) is 5.69 Å². The van der Waals surface area contributed by atoms with E-state index in [-0.39, 0.29) is 5.91 Å². The number of amides is 1. The summed E-state index contributed by atoms with van der Waals surface area (Å²) in [6.45, 7) is 4.68. The van der Waals surface area contributed by atoms with Crippen molar-refractivity contribution in [2.24, 2.45) is 5.84 Å². The lowest BCUT2D eigenvalue weighted by Crippen LogP contribution is -2.30. The van der Waals surface area contributed by atoms with Crippen molar-refractivity contribution in [1.29, 1.82) is 0 Å². The largest absolute Gasteiger partial charge is 0.385 e. The Kier molecular flexibility index (Phi) is 3.48. The molecule has 4 nitrogen and oxygen atoms in total. The molecule has 4 heteroatoms. The molecular formula is C10H15N3O. The van der Waals surface area contributed by atoms with E-state index in [0.717, 1.165) is 17.8 Å². The molecule has 0 heterocycles. The highest BCUT2D eigenvalue weighted by Crippen LogP contribution is 2.16. The van der Waals surface area contributed by atoms with Crippen molar-refractivity contribution >= 4 is 11.6 Å². The first-order valence-electron chi connectivity index (χ1n) is 4.54. The third kappa shape index (κ3) is 2.23. The molecule has 1 aromatic carbocycles. The molecule has 0 atom stereocenters. The van der Waals surface area contributed by atoms with E-state index >= 15 is 0 Å². The first kappa shape index (κ1) is 10.5. The number of hydrogen-bond donors (Lipinski definition) is 3. The quantitative estimate of drug-likeness (QED) is 0.381. The highest BCUT2D eigenvalue weighted by Gasteiger charge is 2.09. The molecule has 0 aliphatic carbocycles. The third-order valence-electron chi connectivity index (χ3n) is 1.92. The van der Waals surface area contributed by atoms with E-state index in [9.17, 15) is 4.79 Å². The minimum absolute atomic E-state index is 0.273. The van der Waals surface area contributed by atoms with Crippen molar-refractivity contribution in [3.63, 3.8) is 0 Å². The number of nitrogens with two attached hydrogens (primary N) is 1. The number of hydrazine groups is 1. The molecule has 0 saturated carbocycles. The number of anilines is 1. The highest BCUT2D eigenvalue weighted by atomic mass is 16.2. The van der Waals surface area contributed by atoms with Crippen LogP contribution in [0.3, 0.4) is 0 Å². The van der Waals surface area contributed by atoms with Crippen molar-refractivity contribution in [3.8, 4) is 0 Å². The zero-order chi connectivity index (χ0) is 10.6. The Morgan fingerprint density at radius 3 is 2.79 bits per heavy atom. The summed E-state index contributed by atoms with van der Waals surface area (Å²) in [7, 11) is 0. The van der Waals surface area contributed by atoms with Gasteiger partial charge in [-0.3, -0.25) is 10.2 Å². The zero-order valence-electron chi connectivity index (χ0n) is 8.42. The number of rotatable bonds is 3. The first-order valence-corrected chi connectivity index (χ1v) is 4.54. The second-order valence-electron chi connectivity index (χ2n) is 3.05. The van der Waals surface area contributed by atoms with Gasteiger partial charge in [-0.25, -0.2) is 5.84 Å². The standard InChI is InChI=1S/C10H15N3O/c1-3-12-9-5-4-7(2)6-8(9)10(14)13-11/h4-6,12H,3,11H2,1-2H3,(H,13,14). The van der Waals surface area contributed by atoms with Gasteiger partial charge in [0.05, 0.1) is 5.56 Å². The monoisotopic (exact) mass is 193 g/mol. The summed E-state index contributed by atoms with van der Waals surface area (Å²) in [4.78, 5) is 11.4. The highest BCUT2D eigenvalue weighted by molar-refractivity contribution is 5.99. The number of nitrogen functional groups attached to an aromatic ring is 1. The first-order chi connectivity index (χ1) is 6.69. The van der Waals surface area contributed by atoms with Crippen molar-refractivity contribution in [2.75, 3.05) is 11.9 Å². The van der Waals surface area contributed by atoms with Gasteiger partial charge in [0.1, 0.15) is 0 Å². The van der Waals surface area contributed by atoms with E-state index in [4.69, 9.17) is 5.84 Å². The smallest absolute Gasteiger partial charge is 0.267 e. The van der Waals surface area contributed by atoms with Gasteiger partial charge < -0.3 is 5.32 Å². The molecule has 0 spiro atoms. The summed E-state index contributed by atoms with van der Waals surface area (Å²) in [6, 6.07) is 5.63. The summed E-state index contributed by atoms with van der Waals surface area (Å²) in [5.41, 5.74) is 4.55. The molecule has 0 bridgehead atoms. The normalized spacial score (nSPS) is 9.64. The maximum Gasteiger partial charge on any atom is 0.267 e. The van der Waals surface area contributed by atoms with E-state index < -0.39 is 0 Å². The number of hydrogen-bond acceptors (Lipinski definition) is 3. The van der Waals surface area contributed by atoms with Gasteiger partial charge >= 0.3 is 0 Å². The molecule has 14 heavy (non-hydrogen) atoms. The van der Waals surface area contributed by atoms with Crippen LogP contribution in [0.15, 0.2) is 18.2 Å². The van der Waals surface area contributed by atoms with E-state index in [1.165, 1.54) is 0 Å². The van der Waals surface area contributed by atoms with Crippen LogP contribution in [-0.4, -0.2) is 12.5 Å². The number of nitrogens with one attached hydrogen (secondary N) is 2. The molecule has 0 unspecified atom stereocenters. The summed E-state index contributed by atoms with van der Waals surface area (Å²) >= 11 is 0. The molecular weight excluding hydrogens is 178 g/mol. The molecule has 0 aliphatic rings. The van der Waals surface area contributed by atoms with E-state index in [0.29, 0.717) is 5.56 Å². The molecule has 1 amide bonds. The minimum Gasteiger partial charge on any atom is -0.385 e. The van der Waals surface area contributed by atoms with Crippen LogP contribution in [0.1, 0.15) is 22.8 Å². The Morgan fingerprint density at radius 1 is 1.50 bits per heavy atom. The Bertz CT molecular complexity index is 336. The fourth-order valence-corrected chi connectivity index (χ4v) is 1.27. The maximum atomic E-state index is 11.4. The van der Waals surface area contributed by atoms with E-state index in [1.54, 1.807) is 6.07 Å². The van der Waals surface area contributed by atoms with Crippen LogP contribution in [0.25, 0.3) is 0 Å². The van der Waals surface area contributed by atoms with Gasteiger partial charge in [-0.05, 0) is 26.0 Å². The van der Waals surface area contributed by atoms with Gasteiger partial charge in [-0.15, -0.1) is 0 Å². The van der Waals surface area contributed by atoms with E-state index in [1.807, 2.05) is 26.0 Å². The van der Waals surface area contributed by atoms with Crippen LogP contribution in [0.5, 0.6) is 0 Å². The molecule has 1 aromatic rings. The molecule has 1 rings (SSSR count). The molecule has 76 valence electrons. The molecule has 0 saturated heterocycles. The average molecular weight is 193 g/mol. The van der Waals surface area contributed by atoms with Gasteiger partial charge in [0.25, 0.3) is 5.91 Å². The van der Waals surface area contributed by atoms with E-state index in [2.05, 4.69) is 10.7 Å². The number of carbonyl (C=O) groups is 1. The Morgan fingerprint density at radius 2 is 2.21 bits per heavy atom. The van der Waals surface area contributed by atoms with Crippen LogP contribution >= 0.6 is 0 Å². The van der Waals surface area contributed by atoms with Gasteiger partial charge in [-0.1, -0.05) is 11.6 Å². The van der Waals surface area contributed by atoms with Gasteiger partial charge in [0.15, 0.2) is 0 Å². The average Bonchev–Trinajstić information content (AvgIpc) is 2.20. The lowest BCUT2D eigenvalue weighted by atomic mass is 10.1. The number of carbonyl (C=O) groups excluding carboxylic acids is 1. The summed E-state index contributed by atoms with van der Waals surface area (Å²) < 4.78 is 0. The van der Waals surface area contributed by atoms with Crippen LogP contribution in [0.2, 0.25) is 0 Å². The maximum absolute atomic E-state index is 11.4. The zero-order valence-corrected chi connectivity index (χ0v) is 8.42. The lowest BCUT2D eigenvalue weighted by Gasteiger charge is -2.09. The van der Waals surface area contributed by atoms with Crippen molar-refractivity contribution in [1.82, 2.24) is 5.43 Å². The van der Waals surface area contributed by atoms with Crippen molar-refractivity contribution in [2.45, 2.75) is 13.8 Å². The van der Waals surface area contributed by atoms with Crippen LogP contribution in [0, 0.1) is 6.92 Å². The predicted molar refractivity (Wildman–Crippen MR) is 57.0 cm³/mol. The van der Waals surface area contributed by atoms with Crippen LogP contribution in [-0.2, 0) is 0 Å². The predicted octanol–water partition coefficient (Wildman–Crippen LogP) is 1.03. The Balaban J connectivity index is 3.08. The molecule has 0 fully saturated rings. The molecule has 0 aromatic heterocycles. The number of benzene rings is 1. The van der Waals surface area contributed by atoms with Gasteiger partial charge in [0.2, 0.25) is 0 Å². The van der Waals surface area contributed by atoms with Crippen LogP contribution < -0.4 is 16.6 Å². The number of aryl methyl sites for hydroxylation is 1. The SMILES string of the molecule is CCNc1ccc(C)cc1C(=O)NN. The molecule has 0 aliphatic heterocycles. The third-order valence-corrected chi connectivity index (χ3v) is 1.92. The van der Waals surface area contributed by atoms with Crippen molar-refractivity contribution in [3.05, 3.63) is 29.3 Å². The second kappa shape index (κ2) is 4.62. The topological polar surface area (TPSA) is 67.2 Å². The molecule has 0 radical (unpaired) electrons. The van der Waals surface area contributed by atoms with Gasteiger partial charge in [0, 0.05) is 12.2 Å². The Labute approximate surface area is 83.5 Å². The molecule has 4 N–H and O–H groups in total. The second-order valence-corrected chi connectivity index (χ2v) is 3.05. The minimum atomic E-state index is -0.273. The fourth-order valence-electron chi connectivity index (χ4n) is 1.27. The summed E-state index contributed by atoms with van der Waals surface area (Å²) in [5, 5.41) is 3.10. The summed E-state index contributed by atoms with van der Waals surface area (Å²) in [6.07, 6.45) is 0. The van der Waals surface area contributed by atoms with Gasteiger partial charge in [-0.2, -0.15) is 0 Å².